The zero-order chi connectivity index (χ0) is 19.1. The van der Waals surface area contributed by atoms with Crippen LogP contribution in [0.25, 0.3) is 10.9 Å². The maximum atomic E-state index is 12.5. The lowest BCUT2D eigenvalue weighted by Gasteiger charge is -2.27. The normalized spacial score (nSPS) is 11.1. The Hall–Kier alpha value is -1.96. The molecule has 0 saturated heterocycles. The van der Waals surface area contributed by atoms with Crippen LogP contribution in [0, 0.1) is 6.92 Å². The van der Waals surface area contributed by atoms with Gasteiger partial charge >= 0.3 is 0 Å². The van der Waals surface area contributed by atoms with E-state index in [0.29, 0.717) is 30.4 Å². The highest BCUT2D eigenvalue weighted by atomic mass is 32.1. The SMILES string of the molecule is COCCNC(=S)N(CCN(C)C)Cc1cc2ccc(C)cc2[nH]c1=O. The first-order valence-corrected chi connectivity index (χ1v) is 9.10. The smallest absolute Gasteiger partial charge is 0.253 e. The van der Waals surface area contributed by atoms with Crippen molar-refractivity contribution in [2.45, 2.75) is 13.5 Å². The molecule has 2 aromatic rings. The predicted octanol–water partition coefficient (Wildman–Crippen LogP) is 1.72. The van der Waals surface area contributed by atoms with E-state index in [-0.39, 0.29) is 5.56 Å². The number of aromatic amines is 1. The van der Waals surface area contributed by atoms with Crippen molar-refractivity contribution in [3.63, 3.8) is 0 Å². The van der Waals surface area contributed by atoms with Gasteiger partial charge in [-0.3, -0.25) is 4.79 Å². The van der Waals surface area contributed by atoms with Crippen molar-refractivity contribution in [1.29, 1.82) is 0 Å². The molecule has 2 rings (SSSR count). The molecule has 0 aliphatic heterocycles. The van der Waals surface area contributed by atoms with Gasteiger partial charge < -0.3 is 24.8 Å². The number of hydrogen-bond acceptors (Lipinski definition) is 4. The molecule has 0 saturated carbocycles. The molecule has 1 aromatic carbocycles. The third-order valence-electron chi connectivity index (χ3n) is 4.13. The summed E-state index contributed by atoms with van der Waals surface area (Å²) in [5.41, 5.74) is 2.62. The van der Waals surface area contributed by atoms with Gasteiger partial charge in [0.15, 0.2) is 5.11 Å². The third kappa shape index (κ3) is 5.79. The number of nitrogens with zero attached hydrogens (tertiary/aromatic N) is 2. The molecule has 6 nitrogen and oxygen atoms in total. The van der Waals surface area contributed by atoms with E-state index in [2.05, 4.69) is 15.2 Å². The Bertz CT molecular complexity index is 804. The molecular weight excluding hydrogens is 348 g/mol. The lowest BCUT2D eigenvalue weighted by atomic mass is 10.1. The van der Waals surface area contributed by atoms with Gasteiger partial charge in [-0.2, -0.15) is 0 Å². The first kappa shape index (κ1) is 20.4. The molecule has 0 aliphatic carbocycles. The van der Waals surface area contributed by atoms with Gasteiger partial charge in [-0.05, 0) is 56.3 Å². The number of methoxy groups -OCH3 is 1. The van der Waals surface area contributed by atoms with E-state index in [1.165, 1.54) is 0 Å². The molecule has 0 aliphatic rings. The van der Waals surface area contributed by atoms with Gasteiger partial charge in [0.05, 0.1) is 13.2 Å². The fraction of sp³-hybridized carbons (Fsp3) is 0.474. The maximum absolute atomic E-state index is 12.5. The van der Waals surface area contributed by atoms with Crippen molar-refractivity contribution in [3.05, 3.63) is 45.7 Å². The Morgan fingerprint density at radius 2 is 2.04 bits per heavy atom. The van der Waals surface area contributed by atoms with Crippen LogP contribution in [-0.2, 0) is 11.3 Å². The second-order valence-corrected chi connectivity index (χ2v) is 7.05. The van der Waals surface area contributed by atoms with E-state index in [1.807, 2.05) is 50.2 Å². The lowest BCUT2D eigenvalue weighted by Crippen LogP contribution is -2.44. The van der Waals surface area contributed by atoms with Crippen LogP contribution in [0.15, 0.2) is 29.1 Å². The number of H-pyrrole nitrogens is 1. The number of aryl methyl sites for hydroxylation is 1. The van der Waals surface area contributed by atoms with E-state index in [9.17, 15) is 4.79 Å². The Kier molecular flexibility index (Phi) is 7.56. The van der Waals surface area contributed by atoms with Gasteiger partial charge in [-0.25, -0.2) is 0 Å². The fourth-order valence-electron chi connectivity index (χ4n) is 2.63. The summed E-state index contributed by atoms with van der Waals surface area (Å²) < 4.78 is 5.06. The molecule has 1 aromatic heterocycles. The van der Waals surface area contributed by atoms with Gasteiger partial charge in [0, 0.05) is 37.8 Å². The first-order chi connectivity index (χ1) is 12.4. The minimum atomic E-state index is -0.0716. The Morgan fingerprint density at radius 3 is 2.73 bits per heavy atom. The van der Waals surface area contributed by atoms with E-state index in [1.54, 1.807) is 7.11 Å². The molecule has 0 amide bonds. The van der Waals surface area contributed by atoms with Gasteiger partial charge in [0.25, 0.3) is 5.56 Å². The molecule has 142 valence electrons. The maximum Gasteiger partial charge on any atom is 0.253 e. The monoisotopic (exact) mass is 376 g/mol. The van der Waals surface area contributed by atoms with Crippen molar-refractivity contribution in [2.75, 3.05) is 47.4 Å². The van der Waals surface area contributed by atoms with Crippen LogP contribution in [0.1, 0.15) is 11.1 Å². The molecule has 0 unspecified atom stereocenters. The minimum absolute atomic E-state index is 0.0716. The molecule has 0 fully saturated rings. The van der Waals surface area contributed by atoms with Crippen LogP contribution >= 0.6 is 12.2 Å². The quantitative estimate of drug-likeness (QED) is 0.540. The number of hydrogen-bond donors (Lipinski definition) is 2. The molecule has 7 heteroatoms. The third-order valence-corrected chi connectivity index (χ3v) is 4.53. The van der Waals surface area contributed by atoms with Crippen molar-refractivity contribution in [1.82, 2.24) is 20.1 Å². The van der Waals surface area contributed by atoms with Gasteiger partial charge in [0.1, 0.15) is 0 Å². The van der Waals surface area contributed by atoms with Crippen molar-refractivity contribution < 1.29 is 4.74 Å². The first-order valence-electron chi connectivity index (χ1n) is 8.69. The van der Waals surface area contributed by atoms with E-state index >= 15 is 0 Å². The number of ether oxygens (including phenoxy) is 1. The van der Waals surface area contributed by atoms with E-state index < -0.39 is 0 Å². The van der Waals surface area contributed by atoms with Crippen molar-refractivity contribution in [3.8, 4) is 0 Å². The summed E-state index contributed by atoms with van der Waals surface area (Å²) in [6.07, 6.45) is 0. The average Bonchev–Trinajstić information content (AvgIpc) is 2.58. The molecule has 26 heavy (non-hydrogen) atoms. The second kappa shape index (κ2) is 9.66. The summed E-state index contributed by atoms with van der Waals surface area (Å²) in [6, 6.07) is 8.02. The average molecular weight is 377 g/mol. The highest BCUT2D eigenvalue weighted by molar-refractivity contribution is 7.80. The van der Waals surface area contributed by atoms with Crippen LogP contribution in [0.3, 0.4) is 0 Å². The number of pyridine rings is 1. The van der Waals surface area contributed by atoms with Crippen LogP contribution in [0.2, 0.25) is 0 Å². The van der Waals surface area contributed by atoms with Crippen LogP contribution in [0.4, 0.5) is 0 Å². The molecular formula is C19H28N4O2S. The highest BCUT2D eigenvalue weighted by Crippen LogP contribution is 2.14. The number of nitrogens with one attached hydrogen (secondary N) is 2. The summed E-state index contributed by atoms with van der Waals surface area (Å²) in [4.78, 5) is 19.6. The summed E-state index contributed by atoms with van der Waals surface area (Å²) in [7, 11) is 5.69. The minimum Gasteiger partial charge on any atom is -0.383 e. The van der Waals surface area contributed by atoms with Crippen molar-refractivity contribution in [2.24, 2.45) is 0 Å². The molecule has 1 heterocycles. The van der Waals surface area contributed by atoms with Crippen LogP contribution in [-0.4, -0.2) is 67.3 Å². The fourth-order valence-corrected chi connectivity index (χ4v) is 2.89. The molecule has 0 atom stereocenters. The topological polar surface area (TPSA) is 60.6 Å². The molecule has 0 spiro atoms. The lowest BCUT2D eigenvalue weighted by molar-refractivity contribution is 0.202. The molecule has 0 radical (unpaired) electrons. The number of likely N-dealkylation sites (N-methyl/N-ethyl adjacent to an activating group) is 1. The predicted molar refractivity (Wildman–Crippen MR) is 111 cm³/mol. The van der Waals surface area contributed by atoms with Crippen LogP contribution < -0.4 is 10.9 Å². The standard InChI is InChI=1S/C19H28N4O2S/c1-14-5-6-15-12-16(18(24)21-17(15)11-14)13-23(9-8-22(2)3)19(26)20-7-10-25-4/h5-6,11-12H,7-10,13H2,1-4H3,(H,20,26)(H,21,24). The zero-order valence-corrected chi connectivity index (χ0v) is 16.8. The number of fused-ring (bicyclic) bond motifs is 1. The molecule has 2 N–H and O–H groups in total. The number of rotatable bonds is 8. The van der Waals surface area contributed by atoms with E-state index in [4.69, 9.17) is 17.0 Å². The van der Waals surface area contributed by atoms with Gasteiger partial charge in [0.2, 0.25) is 0 Å². The van der Waals surface area contributed by atoms with Gasteiger partial charge in [-0.15, -0.1) is 0 Å². The van der Waals surface area contributed by atoms with E-state index in [0.717, 1.165) is 29.6 Å². The largest absolute Gasteiger partial charge is 0.383 e. The zero-order valence-electron chi connectivity index (χ0n) is 16.0. The Balaban J connectivity index is 2.21. The Labute approximate surface area is 160 Å². The van der Waals surface area contributed by atoms with Crippen molar-refractivity contribution >= 4 is 28.2 Å². The number of aromatic nitrogens is 1. The summed E-state index contributed by atoms with van der Waals surface area (Å²) in [5, 5.41) is 4.85. The highest BCUT2D eigenvalue weighted by Gasteiger charge is 2.13. The summed E-state index contributed by atoms with van der Waals surface area (Å²) >= 11 is 5.52. The number of benzene rings is 1. The summed E-state index contributed by atoms with van der Waals surface area (Å²) in [5.74, 6) is 0. The Morgan fingerprint density at radius 1 is 1.27 bits per heavy atom. The second-order valence-electron chi connectivity index (χ2n) is 6.66. The summed E-state index contributed by atoms with van der Waals surface area (Å²) in [6.45, 7) is 5.28. The number of thiocarbonyl (C=S) groups is 1. The van der Waals surface area contributed by atoms with Gasteiger partial charge in [-0.1, -0.05) is 12.1 Å². The molecule has 0 bridgehead atoms. The van der Waals surface area contributed by atoms with Crippen LogP contribution in [0.5, 0.6) is 0 Å².